The number of aromatic carboxylic acids is 1. The van der Waals surface area contributed by atoms with Crippen molar-refractivity contribution in [2.45, 2.75) is 45.2 Å². The van der Waals surface area contributed by atoms with Gasteiger partial charge < -0.3 is 19.7 Å². The highest BCUT2D eigenvalue weighted by molar-refractivity contribution is 6.31. The molecule has 0 fully saturated rings. The summed E-state index contributed by atoms with van der Waals surface area (Å²) in [6.07, 6.45) is -3.58. The van der Waals surface area contributed by atoms with Crippen LogP contribution in [0.4, 0.5) is 17.6 Å². The van der Waals surface area contributed by atoms with Gasteiger partial charge in [-0.2, -0.15) is 0 Å². The predicted octanol–water partition coefficient (Wildman–Crippen LogP) is 8.62. The second kappa shape index (κ2) is 16.3. The van der Waals surface area contributed by atoms with Crippen LogP contribution in [0.25, 0.3) is 11.1 Å². The topological polar surface area (TPSA) is 96.3 Å². The molecule has 0 saturated carbocycles. The van der Waals surface area contributed by atoms with Gasteiger partial charge in [-0.3, -0.25) is 9.69 Å². The number of unbranched alkanes of at least 4 members (excludes halogenated alkanes) is 1. The van der Waals surface area contributed by atoms with E-state index in [1.807, 2.05) is 29.2 Å². The van der Waals surface area contributed by atoms with Crippen molar-refractivity contribution < 1.29 is 46.8 Å². The maximum Gasteiger partial charge on any atom is 0.573 e. The molecule has 0 aliphatic rings. The quantitative estimate of drug-likeness (QED) is 0.0908. The van der Waals surface area contributed by atoms with Gasteiger partial charge in [-0.1, -0.05) is 54.1 Å². The van der Waals surface area contributed by atoms with E-state index in [-0.39, 0.29) is 35.8 Å². The van der Waals surface area contributed by atoms with Gasteiger partial charge in [0.15, 0.2) is 0 Å². The van der Waals surface area contributed by atoms with Crippen LogP contribution < -0.4 is 9.47 Å². The molecular weight excluding hydrogens is 642 g/mol. The SMILES string of the molecule is O=C(O)CCCCN(CCc1cc(OC(F)(F)F)ccc1OCc1ccc(-c2ccc(F)c(Cl)c2)cc1)Cc1ccc(C(=O)O)cc1. The summed E-state index contributed by atoms with van der Waals surface area (Å²) >= 11 is 5.91. The van der Waals surface area contributed by atoms with Gasteiger partial charge in [0.05, 0.1) is 10.6 Å². The van der Waals surface area contributed by atoms with Crippen LogP contribution >= 0.6 is 11.6 Å². The number of hydrogen-bond donors (Lipinski definition) is 2. The van der Waals surface area contributed by atoms with Crippen molar-refractivity contribution in [3.8, 4) is 22.6 Å². The first-order chi connectivity index (χ1) is 22.4. The molecule has 0 radical (unpaired) electrons. The molecule has 47 heavy (non-hydrogen) atoms. The highest BCUT2D eigenvalue weighted by atomic mass is 35.5. The van der Waals surface area contributed by atoms with Crippen LogP contribution in [-0.2, 0) is 24.4 Å². The summed E-state index contributed by atoms with van der Waals surface area (Å²) in [6.45, 7) is 1.42. The van der Waals surface area contributed by atoms with E-state index in [1.165, 1.54) is 42.5 Å². The van der Waals surface area contributed by atoms with Crippen molar-refractivity contribution in [3.63, 3.8) is 0 Å². The first-order valence-corrected chi connectivity index (χ1v) is 15.1. The fourth-order valence-electron chi connectivity index (χ4n) is 4.89. The van der Waals surface area contributed by atoms with Crippen LogP contribution in [0.1, 0.15) is 46.3 Å². The number of nitrogens with zero attached hydrogens (tertiary/aromatic N) is 1. The monoisotopic (exact) mass is 673 g/mol. The number of alkyl halides is 3. The van der Waals surface area contributed by atoms with E-state index in [0.29, 0.717) is 43.8 Å². The van der Waals surface area contributed by atoms with Gasteiger partial charge in [0.2, 0.25) is 0 Å². The molecular formula is C35H32ClF4NO6. The third-order valence-corrected chi connectivity index (χ3v) is 7.58. The molecule has 2 N–H and O–H groups in total. The number of benzene rings is 4. The van der Waals surface area contributed by atoms with Gasteiger partial charge in [-0.25, -0.2) is 9.18 Å². The van der Waals surface area contributed by atoms with Crippen molar-refractivity contribution in [2.75, 3.05) is 13.1 Å². The Morgan fingerprint density at radius 1 is 0.809 bits per heavy atom. The molecule has 0 unspecified atom stereocenters. The summed E-state index contributed by atoms with van der Waals surface area (Å²) in [5, 5.41) is 18.2. The summed E-state index contributed by atoms with van der Waals surface area (Å²) in [7, 11) is 0. The standard InChI is InChI=1S/C35H32ClF4NO6/c36-30-20-27(12-14-31(30)37)25-8-6-24(7-9-25)22-46-32-15-13-29(47-35(38,39)40)19-28(32)16-18-41(17-2-1-3-33(42)43)21-23-4-10-26(11-5-23)34(44)45/h4-15,19-20H,1-3,16-18,21-22H2,(H,42,43)(H,44,45). The molecule has 12 heteroatoms. The van der Waals surface area contributed by atoms with Crippen LogP contribution in [0, 0.1) is 5.82 Å². The van der Waals surface area contributed by atoms with E-state index in [2.05, 4.69) is 4.74 Å². The summed E-state index contributed by atoms with van der Waals surface area (Å²) in [6, 6.07) is 22.0. The first kappa shape index (κ1) is 35.2. The highest BCUT2D eigenvalue weighted by Crippen LogP contribution is 2.30. The normalized spacial score (nSPS) is 11.4. The second-order valence-electron chi connectivity index (χ2n) is 10.8. The van der Waals surface area contributed by atoms with Gasteiger partial charge in [-0.05, 0) is 96.1 Å². The van der Waals surface area contributed by atoms with Gasteiger partial charge >= 0.3 is 18.3 Å². The Morgan fingerprint density at radius 2 is 1.49 bits per heavy atom. The Kier molecular flexibility index (Phi) is 12.2. The number of carboxylic acid groups (broad SMARTS) is 2. The number of halogens is 5. The summed E-state index contributed by atoms with van der Waals surface area (Å²) in [4.78, 5) is 24.3. The predicted molar refractivity (Wildman–Crippen MR) is 168 cm³/mol. The van der Waals surface area contributed by atoms with Crippen molar-refractivity contribution in [1.82, 2.24) is 4.90 Å². The number of rotatable bonds is 16. The molecule has 4 aromatic rings. The zero-order valence-electron chi connectivity index (χ0n) is 25.1. The van der Waals surface area contributed by atoms with E-state index < -0.39 is 24.1 Å². The molecule has 0 atom stereocenters. The van der Waals surface area contributed by atoms with E-state index in [1.54, 1.807) is 18.2 Å². The first-order valence-electron chi connectivity index (χ1n) is 14.7. The molecule has 0 aliphatic carbocycles. The lowest BCUT2D eigenvalue weighted by atomic mass is 10.0. The fourth-order valence-corrected chi connectivity index (χ4v) is 5.07. The second-order valence-corrected chi connectivity index (χ2v) is 11.2. The van der Waals surface area contributed by atoms with E-state index >= 15 is 0 Å². The summed E-state index contributed by atoms with van der Waals surface area (Å²) in [5.74, 6) is -2.49. The molecule has 0 spiro atoms. The Hall–Kier alpha value is -4.61. The lowest BCUT2D eigenvalue weighted by Gasteiger charge is -2.23. The van der Waals surface area contributed by atoms with Gasteiger partial charge in [-0.15, -0.1) is 13.2 Å². The lowest BCUT2D eigenvalue weighted by Crippen LogP contribution is -2.27. The number of carboxylic acids is 2. The molecule has 7 nitrogen and oxygen atoms in total. The van der Waals surface area contributed by atoms with Gasteiger partial charge in [0.25, 0.3) is 0 Å². The fraction of sp³-hybridized carbons (Fsp3) is 0.257. The van der Waals surface area contributed by atoms with Crippen molar-refractivity contribution in [2.24, 2.45) is 0 Å². The smallest absolute Gasteiger partial charge is 0.489 e. The van der Waals surface area contributed by atoms with Crippen LogP contribution in [0.5, 0.6) is 11.5 Å². The molecule has 4 rings (SSSR count). The minimum atomic E-state index is -4.88. The molecule has 0 aromatic heterocycles. The Balaban J connectivity index is 1.49. The largest absolute Gasteiger partial charge is 0.573 e. The third kappa shape index (κ3) is 11.3. The molecule has 4 aromatic carbocycles. The van der Waals surface area contributed by atoms with Crippen LogP contribution in [0.15, 0.2) is 84.9 Å². The zero-order chi connectivity index (χ0) is 34.0. The molecule has 0 aliphatic heterocycles. The summed E-state index contributed by atoms with van der Waals surface area (Å²) < 4.78 is 62.9. The Morgan fingerprint density at radius 3 is 2.13 bits per heavy atom. The maximum atomic E-state index is 13.6. The zero-order valence-corrected chi connectivity index (χ0v) is 25.9. The Labute approximate surface area is 273 Å². The molecule has 248 valence electrons. The van der Waals surface area contributed by atoms with E-state index in [9.17, 15) is 32.3 Å². The van der Waals surface area contributed by atoms with Gasteiger partial charge in [0, 0.05) is 19.5 Å². The minimum absolute atomic E-state index is 0.00852. The number of aliphatic carboxylic acids is 1. The average Bonchev–Trinajstić information content (AvgIpc) is 3.02. The van der Waals surface area contributed by atoms with Gasteiger partial charge in [0.1, 0.15) is 23.9 Å². The minimum Gasteiger partial charge on any atom is -0.489 e. The molecule has 0 saturated heterocycles. The molecule has 0 heterocycles. The van der Waals surface area contributed by atoms with E-state index in [4.69, 9.17) is 21.4 Å². The van der Waals surface area contributed by atoms with Crippen LogP contribution in [0.2, 0.25) is 5.02 Å². The highest BCUT2D eigenvalue weighted by Gasteiger charge is 2.31. The molecule has 0 amide bonds. The van der Waals surface area contributed by atoms with Crippen LogP contribution in [-0.4, -0.2) is 46.5 Å². The van der Waals surface area contributed by atoms with Crippen molar-refractivity contribution >= 4 is 23.5 Å². The Bertz CT molecular complexity index is 1660. The van der Waals surface area contributed by atoms with E-state index in [0.717, 1.165) is 22.3 Å². The van der Waals surface area contributed by atoms with Crippen molar-refractivity contribution in [3.05, 3.63) is 118 Å². The maximum absolute atomic E-state index is 13.6. The molecule has 0 bridgehead atoms. The van der Waals surface area contributed by atoms with Crippen molar-refractivity contribution in [1.29, 1.82) is 0 Å². The number of carbonyl (C=O) groups is 2. The van der Waals surface area contributed by atoms with Crippen LogP contribution in [0.3, 0.4) is 0 Å². The number of hydrogen-bond acceptors (Lipinski definition) is 5. The average molecular weight is 674 g/mol. The third-order valence-electron chi connectivity index (χ3n) is 7.29. The summed E-state index contributed by atoms with van der Waals surface area (Å²) in [5.41, 5.74) is 3.77. The lowest BCUT2D eigenvalue weighted by molar-refractivity contribution is -0.274. The number of ether oxygens (including phenoxy) is 2.